The molecule has 2 saturated heterocycles. The molecule has 0 radical (unpaired) electrons. The van der Waals surface area contributed by atoms with E-state index in [1.54, 1.807) is 0 Å². The molecule has 0 aliphatic carbocycles. The molecule has 0 bridgehead atoms. The lowest BCUT2D eigenvalue weighted by Crippen LogP contribution is -2.43. The Morgan fingerprint density at radius 2 is 2.09 bits per heavy atom. The normalized spacial score (nSPS) is 22.2. The number of nitrogens with zero attached hydrogens (tertiary/aromatic N) is 4. The molecule has 2 fully saturated rings. The zero-order chi connectivity index (χ0) is 14.9. The van der Waals surface area contributed by atoms with Crippen LogP contribution < -0.4 is 5.32 Å². The molecular formula is C15H26ClN5O. The molecule has 6 nitrogen and oxygen atoms in total. The predicted octanol–water partition coefficient (Wildman–Crippen LogP) is 1.89. The van der Waals surface area contributed by atoms with E-state index in [1.807, 2.05) is 15.8 Å². The van der Waals surface area contributed by atoms with Crippen LogP contribution in [0, 0.1) is 5.41 Å². The third-order valence-corrected chi connectivity index (χ3v) is 4.60. The van der Waals surface area contributed by atoms with E-state index in [0.29, 0.717) is 11.7 Å². The zero-order valence-corrected chi connectivity index (χ0v) is 14.2. The lowest BCUT2D eigenvalue weighted by atomic mass is 9.84. The van der Waals surface area contributed by atoms with Gasteiger partial charge in [-0.15, -0.1) is 17.5 Å². The van der Waals surface area contributed by atoms with Crippen molar-refractivity contribution in [1.82, 2.24) is 25.2 Å². The molecule has 0 unspecified atom stereocenters. The highest BCUT2D eigenvalue weighted by atomic mass is 35.5. The van der Waals surface area contributed by atoms with E-state index in [0.717, 1.165) is 45.4 Å². The van der Waals surface area contributed by atoms with Crippen molar-refractivity contribution in [3.63, 3.8) is 0 Å². The average molecular weight is 328 g/mol. The molecule has 1 amide bonds. The molecule has 0 saturated carbocycles. The molecule has 22 heavy (non-hydrogen) atoms. The SMILES string of the molecule is CC1(C)CCCN(C(=O)c2cn(C3CCNCC3)nn2)C1.Cl. The summed E-state index contributed by atoms with van der Waals surface area (Å²) in [6.45, 7) is 8.10. The van der Waals surface area contributed by atoms with Crippen LogP contribution in [0.5, 0.6) is 0 Å². The average Bonchev–Trinajstić information content (AvgIpc) is 2.96. The highest BCUT2D eigenvalue weighted by Gasteiger charge is 2.31. The highest BCUT2D eigenvalue weighted by Crippen LogP contribution is 2.29. The monoisotopic (exact) mass is 327 g/mol. The van der Waals surface area contributed by atoms with Crippen molar-refractivity contribution in [2.75, 3.05) is 26.2 Å². The Labute approximate surface area is 138 Å². The molecular weight excluding hydrogens is 302 g/mol. The fraction of sp³-hybridized carbons (Fsp3) is 0.800. The van der Waals surface area contributed by atoms with Gasteiger partial charge in [-0.1, -0.05) is 19.1 Å². The Morgan fingerprint density at radius 1 is 1.36 bits per heavy atom. The lowest BCUT2D eigenvalue weighted by Gasteiger charge is -2.37. The van der Waals surface area contributed by atoms with E-state index >= 15 is 0 Å². The molecule has 0 aromatic carbocycles. The van der Waals surface area contributed by atoms with Crippen LogP contribution in [0.25, 0.3) is 0 Å². The van der Waals surface area contributed by atoms with Gasteiger partial charge >= 0.3 is 0 Å². The molecule has 124 valence electrons. The van der Waals surface area contributed by atoms with E-state index < -0.39 is 0 Å². The third kappa shape index (κ3) is 3.79. The fourth-order valence-corrected chi connectivity index (χ4v) is 3.38. The predicted molar refractivity (Wildman–Crippen MR) is 87.3 cm³/mol. The lowest BCUT2D eigenvalue weighted by molar-refractivity contribution is 0.0577. The Morgan fingerprint density at radius 3 is 2.77 bits per heavy atom. The van der Waals surface area contributed by atoms with Crippen molar-refractivity contribution in [3.8, 4) is 0 Å². The van der Waals surface area contributed by atoms with E-state index in [1.165, 1.54) is 6.42 Å². The molecule has 2 aliphatic heterocycles. The number of amides is 1. The first-order valence-corrected chi connectivity index (χ1v) is 7.97. The number of carbonyl (C=O) groups excluding carboxylic acids is 1. The van der Waals surface area contributed by atoms with Crippen LogP contribution in [-0.2, 0) is 0 Å². The smallest absolute Gasteiger partial charge is 0.276 e. The highest BCUT2D eigenvalue weighted by molar-refractivity contribution is 5.92. The molecule has 3 rings (SSSR count). The Kier molecular flexibility index (Phi) is 5.45. The maximum Gasteiger partial charge on any atom is 0.276 e. The molecule has 1 N–H and O–H groups in total. The largest absolute Gasteiger partial charge is 0.337 e. The van der Waals surface area contributed by atoms with Crippen LogP contribution >= 0.6 is 12.4 Å². The summed E-state index contributed by atoms with van der Waals surface area (Å²) in [5.74, 6) is 0.0305. The zero-order valence-electron chi connectivity index (χ0n) is 13.4. The van der Waals surface area contributed by atoms with Gasteiger partial charge in [0.2, 0.25) is 0 Å². The number of aromatic nitrogens is 3. The van der Waals surface area contributed by atoms with Gasteiger partial charge in [0.1, 0.15) is 0 Å². The summed E-state index contributed by atoms with van der Waals surface area (Å²) in [5, 5.41) is 11.6. The first-order chi connectivity index (χ1) is 10.1. The molecule has 3 heterocycles. The van der Waals surface area contributed by atoms with Crippen LogP contribution in [0.15, 0.2) is 6.20 Å². The van der Waals surface area contributed by atoms with Crippen LogP contribution in [-0.4, -0.2) is 52.0 Å². The van der Waals surface area contributed by atoms with Crippen molar-refractivity contribution in [1.29, 1.82) is 0 Å². The fourth-order valence-electron chi connectivity index (χ4n) is 3.38. The minimum absolute atomic E-state index is 0. The third-order valence-electron chi connectivity index (χ3n) is 4.60. The molecule has 7 heteroatoms. The van der Waals surface area contributed by atoms with Gasteiger partial charge in [-0.05, 0) is 44.2 Å². The number of likely N-dealkylation sites (tertiary alicyclic amines) is 1. The van der Waals surface area contributed by atoms with Crippen molar-refractivity contribution < 1.29 is 4.79 Å². The summed E-state index contributed by atoms with van der Waals surface area (Å²) >= 11 is 0. The number of halogens is 1. The summed E-state index contributed by atoms with van der Waals surface area (Å²) in [6, 6.07) is 0.373. The van der Waals surface area contributed by atoms with Crippen LogP contribution in [0.4, 0.5) is 0 Å². The minimum Gasteiger partial charge on any atom is -0.337 e. The molecule has 0 atom stereocenters. The Balaban J connectivity index is 0.00000176. The minimum atomic E-state index is 0. The summed E-state index contributed by atoms with van der Waals surface area (Å²) in [6.07, 6.45) is 6.18. The van der Waals surface area contributed by atoms with E-state index in [-0.39, 0.29) is 23.7 Å². The van der Waals surface area contributed by atoms with E-state index in [4.69, 9.17) is 0 Å². The molecule has 2 aliphatic rings. The Hall–Kier alpha value is -1.14. The van der Waals surface area contributed by atoms with Crippen molar-refractivity contribution in [2.24, 2.45) is 5.41 Å². The Bertz CT molecular complexity index is 510. The second kappa shape index (κ2) is 6.96. The standard InChI is InChI=1S/C15H25N5O.ClH/c1-15(2)6-3-9-19(11-15)14(21)13-10-20(18-17-13)12-4-7-16-8-5-12;/h10,12,16H,3-9,11H2,1-2H3;1H. The second-order valence-corrected chi connectivity index (χ2v) is 7.06. The topological polar surface area (TPSA) is 63.1 Å². The first kappa shape index (κ1) is 17.2. The second-order valence-electron chi connectivity index (χ2n) is 7.06. The maximum absolute atomic E-state index is 12.6. The van der Waals surface area contributed by atoms with E-state index in [9.17, 15) is 4.79 Å². The summed E-state index contributed by atoms with van der Waals surface area (Å²) in [5.41, 5.74) is 0.699. The summed E-state index contributed by atoms with van der Waals surface area (Å²) in [7, 11) is 0. The van der Waals surface area contributed by atoms with Crippen molar-refractivity contribution in [2.45, 2.75) is 45.6 Å². The van der Waals surface area contributed by atoms with Crippen LogP contribution in [0.2, 0.25) is 0 Å². The van der Waals surface area contributed by atoms with Gasteiger partial charge in [0.05, 0.1) is 12.2 Å². The molecule has 1 aromatic rings. The van der Waals surface area contributed by atoms with Crippen molar-refractivity contribution >= 4 is 18.3 Å². The van der Waals surface area contributed by atoms with Gasteiger partial charge in [0.25, 0.3) is 5.91 Å². The quantitative estimate of drug-likeness (QED) is 0.901. The van der Waals surface area contributed by atoms with E-state index in [2.05, 4.69) is 29.5 Å². The van der Waals surface area contributed by atoms with Gasteiger partial charge in [-0.25, -0.2) is 4.68 Å². The number of hydrogen-bond donors (Lipinski definition) is 1. The number of rotatable bonds is 2. The first-order valence-electron chi connectivity index (χ1n) is 7.97. The van der Waals surface area contributed by atoms with Gasteiger partial charge in [-0.2, -0.15) is 0 Å². The van der Waals surface area contributed by atoms with Crippen LogP contribution in [0.1, 0.15) is 56.1 Å². The summed E-state index contributed by atoms with van der Waals surface area (Å²) in [4.78, 5) is 14.5. The number of carbonyl (C=O) groups is 1. The molecule has 0 spiro atoms. The van der Waals surface area contributed by atoms with Gasteiger partial charge in [0, 0.05) is 13.1 Å². The number of nitrogens with one attached hydrogen (secondary N) is 1. The summed E-state index contributed by atoms with van der Waals surface area (Å²) < 4.78 is 1.88. The number of hydrogen-bond acceptors (Lipinski definition) is 4. The van der Waals surface area contributed by atoms with Crippen LogP contribution in [0.3, 0.4) is 0 Å². The van der Waals surface area contributed by atoms with Gasteiger partial charge in [-0.3, -0.25) is 4.79 Å². The van der Waals surface area contributed by atoms with Gasteiger partial charge < -0.3 is 10.2 Å². The maximum atomic E-state index is 12.6. The molecule has 1 aromatic heterocycles. The van der Waals surface area contributed by atoms with Crippen molar-refractivity contribution in [3.05, 3.63) is 11.9 Å². The number of piperidine rings is 2. The van der Waals surface area contributed by atoms with Gasteiger partial charge in [0.15, 0.2) is 5.69 Å².